The highest BCUT2D eigenvalue weighted by molar-refractivity contribution is 5.20. The number of carbonyl (C=O) groups excluding carboxylic acids is 2. The van der Waals surface area contributed by atoms with Gasteiger partial charge in [-0.1, -0.05) is 83.1 Å². The third-order valence-corrected chi connectivity index (χ3v) is 3.16. The van der Waals surface area contributed by atoms with Crippen LogP contribution in [0.3, 0.4) is 0 Å². The van der Waals surface area contributed by atoms with E-state index in [9.17, 15) is 5.11 Å². The second kappa shape index (κ2) is 21.1. The lowest BCUT2D eigenvalue weighted by atomic mass is 10.1. The van der Waals surface area contributed by atoms with Crippen molar-refractivity contribution >= 4 is 6.15 Å². The van der Waals surface area contributed by atoms with Crippen LogP contribution in [-0.4, -0.2) is 17.4 Å². The molecule has 0 spiro atoms. The number of allylic oxidation sites excluding steroid dienone is 3. The third kappa shape index (κ3) is 24.2. The predicted molar refractivity (Wildman–Crippen MR) is 86.8 cm³/mol. The van der Waals surface area contributed by atoms with Crippen molar-refractivity contribution in [1.82, 2.24) is 0 Å². The summed E-state index contributed by atoms with van der Waals surface area (Å²) in [4.78, 5) is 16.2. The first-order valence-electron chi connectivity index (χ1n) is 8.23. The fraction of sp³-hybridized carbons (Fsp3) is 0.722. The van der Waals surface area contributed by atoms with Gasteiger partial charge in [0.1, 0.15) is 0 Å². The Hall–Kier alpha value is -1.18. The van der Waals surface area contributed by atoms with Gasteiger partial charge in [0.15, 0.2) is 0 Å². The molecule has 0 heterocycles. The first kappa shape index (κ1) is 22.1. The summed E-state index contributed by atoms with van der Waals surface area (Å²) >= 11 is 0. The molecule has 122 valence electrons. The first-order valence-corrected chi connectivity index (χ1v) is 8.23. The Balaban J connectivity index is 0. The van der Waals surface area contributed by atoms with Gasteiger partial charge in [-0.05, 0) is 19.3 Å². The standard InChI is InChI=1S/C17H32O.CO2/c1-3-5-7-9-10-12-14-16-17(18)15-13-11-8-6-4-2;2-1-3/h10,12,14,16-18H,3-9,11,13,15H2,1-2H3;/b12-10-,16-14+;/t17-;/m0./s1. The maximum Gasteiger partial charge on any atom is 0.373 e. The molecule has 0 radical (unpaired) electrons. The Kier molecular flexibility index (Phi) is 22.2. The number of hydrogen-bond acceptors (Lipinski definition) is 3. The molecule has 0 aliphatic carbocycles. The Morgan fingerprint density at radius 1 is 0.905 bits per heavy atom. The molecule has 0 aliphatic rings. The van der Waals surface area contributed by atoms with Gasteiger partial charge in [0.2, 0.25) is 0 Å². The van der Waals surface area contributed by atoms with E-state index < -0.39 is 0 Å². The molecule has 0 saturated carbocycles. The van der Waals surface area contributed by atoms with Crippen LogP contribution >= 0.6 is 0 Å². The summed E-state index contributed by atoms with van der Waals surface area (Å²) in [6, 6.07) is 0. The first-order chi connectivity index (χ1) is 10.2. The van der Waals surface area contributed by atoms with E-state index in [0.29, 0.717) is 0 Å². The van der Waals surface area contributed by atoms with Gasteiger partial charge < -0.3 is 5.11 Å². The van der Waals surface area contributed by atoms with Gasteiger partial charge in [0.05, 0.1) is 6.10 Å². The fourth-order valence-electron chi connectivity index (χ4n) is 1.93. The van der Waals surface area contributed by atoms with Crippen LogP contribution in [-0.2, 0) is 9.59 Å². The monoisotopic (exact) mass is 296 g/mol. The number of unbranched alkanes of at least 4 members (excludes halogenated alkanes) is 7. The molecule has 3 heteroatoms. The molecule has 21 heavy (non-hydrogen) atoms. The molecule has 0 aromatic carbocycles. The van der Waals surface area contributed by atoms with E-state index in [1.807, 2.05) is 12.2 Å². The minimum atomic E-state index is -0.257. The van der Waals surface area contributed by atoms with Crippen molar-refractivity contribution in [2.75, 3.05) is 0 Å². The van der Waals surface area contributed by atoms with Crippen molar-refractivity contribution in [3.05, 3.63) is 24.3 Å². The summed E-state index contributed by atoms with van der Waals surface area (Å²) in [6.07, 6.45) is 20.4. The van der Waals surface area contributed by atoms with Crippen molar-refractivity contribution < 1.29 is 14.7 Å². The molecule has 0 saturated heterocycles. The minimum Gasteiger partial charge on any atom is -0.389 e. The Labute approximate surface area is 130 Å². The molecule has 0 aliphatic heterocycles. The predicted octanol–water partition coefficient (Wildman–Crippen LogP) is 4.82. The quantitative estimate of drug-likeness (QED) is 0.415. The highest BCUT2D eigenvalue weighted by atomic mass is 16.3. The highest BCUT2D eigenvalue weighted by Crippen LogP contribution is 2.08. The summed E-state index contributed by atoms with van der Waals surface area (Å²) in [5.41, 5.74) is 0. The fourth-order valence-corrected chi connectivity index (χ4v) is 1.93. The van der Waals surface area contributed by atoms with E-state index in [1.165, 1.54) is 44.9 Å². The molecule has 0 amide bonds. The summed E-state index contributed by atoms with van der Waals surface area (Å²) in [5, 5.41) is 9.73. The largest absolute Gasteiger partial charge is 0.389 e. The van der Waals surface area contributed by atoms with E-state index in [2.05, 4.69) is 26.0 Å². The van der Waals surface area contributed by atoms with Gasteiger partial charge in [-0.15, -0.1) is 0 Å². The van der Waals surface area contributed by atoms with Crippen LogP contribution in [0.1, 0.15) is 78.1 Å². The second-order valence-electron chi connectivity index (χ2n) is 5.16. The lowest BCUT2D eigenvalue weighted by molar-refractivity contribution is -0.191. The van der Waals surface area contributed by atoms with Crippen molar-refractivity contribution in [3.63, 3.8) is 0 Å². The van der Waals surface area contributed by atoms with Gasteiger partial charge in [0.25, 0.3) is 0 Å². The van der Waals surface area contributed by atoms with Gasteiger partial charge in [-0.25, -0.2) is 0 Å². The number of rotatable bonds is 12. The molecule has 0 aromatic rings. The number of aliphatic hydroxyl groups is 1. The van der Waals surface area contributed by atoms with Crippen molar-refractivity contribution in [2.24, 2.45) is 0 Å². The van der Waals surface area contributed by atoms with Crippen LogP contribution in [0.15, 0.2) is 24.3 Å². The molecular weight excluding hydrogens is 264 g/mol. The molecular formula is C18H32O3. The number of aliphatic hydroxyl groups excluding tert-OH is 1. The molecule has 0 aromatic heterocycles. The SMILES string of the molecule is CCCCC/C=C\C=C\[C@@H](O)CCCCCCC.O=C=O. The zero-order valence-corrected chi connectivity index (χ0v) is 13.7. The van der Waals surface area contributed by atoms with Gasteiger partial charge in [-0.3, -0.25) is 0 Å². The Morgan fingerprint density at radius 3 is 2.10 bits per heavy atom. The zero-order valence-electron chi connectivity index (χ0n) is 13.7. The third-order valence-electron chi connectivity index (χ3n) is 3.16. The van der Waals surface area contributed by atoms with Crippen molar-refractivity contribution in [1.29, 1.82) is 0 Å². The lowest BCUT2D eigenvalue weighted by Gasteiger charge is -2.04. The van der Waals surface area contributed by atoms with E-state index in [-0.39, 0.29) is 12.3 Å². The molecule has 0 fully saturated rings. The van der Waals surface area contributed by atoms with Gasteiger partial charge in [0, 0.05) is 0 Å². The Bertz CT molecular complexity index is 276. The van der Waals surface area contributed by atoms with E-state index in [4.69, 9.17) is 9.59 Å². The second-order valence-corrected chi connectivity index (χ2v) is 5.16. The van der Waals surface area contributed by atoms with Crippen LogP contribution in [0.2, 0.25) is 0 Å². The molecule has 0 unspecified atom stereocenters. The van der Waals surface area contributed by atoms with Crippen molar-refractivity contribution in [2.45, 2.75) is 84.2 Å². The Morgan fingerprint density at radius 2 is 1.48 bits per heavy atom. The highest BCUT2D eigenvalue weighted by Gasteiger charge is 1.97. The summed E-state index contributed by atoms with van der Waals surface area (Å²) in [5.74, 6) is 0. The summed E-state index contributed by atoms with van der Waals surface area (Å²) in [7, 11) is 0. The molecule has 1 N–H and O–H groups in total. The van der Waals surface area contributed by atoms with Crippen LogP contribution in [0.5, 0.6) is 0 Å². The average Bonchev–Trinajstić information content (AvgIpc) is 2.47. The normalized spacial score (nSPS) is 12.1. The topological polar surface area (TPSA) is 54.4 Å². The maximum absolute atomic E-state index is 9.73. The molecule has 3 nitrogen and oxygen atoms in total. The molecule has 0 bridgehead atoms. The zero-order chi connectivity index (χ0) is 16.2. The average molecular weight is 296 g/mol. The van der Waals surface area contributed by atoms with Crippen LogP contribution in [0.25, 0.3) is 0 Å². The van der Waals surface area contributed by atoms with Gasteiger partial charge in [-0.2, -0.15) is 9.59 Å². The summed E-state index contributed by atoms with van der Waals surface area (Å²) in [6.45, 7) is 4.45. The maximum atomic E-state index is 9.73. The molecule has 1 atom stereocenters. The van der Waals surface area contributed by atoms with E-state index >= 15 is 0 Å². The van der Waals surface area contributed by atoms with E-state index in [1.54, 1.807) is 0 Å². The minimum absolute atomic E-state index is 0.250. The summed E-state index contributed by atoms with van der Waals surface area (Å²) < 4.78 is 0. The number of hydrogen-bond donors (Lipinski definition) is 1. The van der Waals surface area contributed by atoms with Gasteiger partial charge >= 0.3 is 6.15 Å². The van der Waals surface area contributed by atoms with Crippen LogP contribution in [0.4, 0.5) is 0 Å². The smallest absolute Gasteiger partial charge is 0.373 e. The van der Waals surface area contributed by atoms with Crippen LogP contribution in [0, 0.1) is 0 Å². The van der Waals surface area contributed by atoms with Crippen LogP contribution < -0.4 is 0 Å². The molecule has 0 rings (SSSR count). The van der Waals surface area contributed by atoms with Crippen molar-refractivity contribution in [3.8, 4) is 0 Å². The lowest BCUT2D eigenvalue weighted by Crippen LogP contribution is -2.01. The van der Waals surface area contributed by atoms with E-state index in [0.717, 1.165) is 19.3 Å².